The van der Waals surface area contributed by atoms with E-state index in [0.717, 1.165) is 30.8 Å². The van der Waals surface area contributed by atoms with Crippen molar-refractivity contribution in [2.45, 2.75) is 12.8 Å². The van der Waals surface area contributed by atoms with Gasteiger partial charge >= 0.3 is 0 Å². The Morgan fingerprint density at radius 1 is 1.50 bits per heavy atom. The van der Waals surface area contributed by atoms with Gasteiger partial charge in [0.1, 0.15) is 5.75 Å². The average Bonchev–Trinajstić information content (AvgIpc) is 3.18. The molecule has 0 unspecified atom stereocenters. The van der Waals surface area contributed by atoms with Crippen LogP contribution < -0.4 is 15.0 Å². The van der Waals surface area contributed by atoms with Crippen molar-refractivity contribution < 1.29 is 9.53 Å². The summed E-state index contributed by atoms with van der Waals surface area (Å²) in [5.74, 6) is 0.954. The first kappa shape index (κ1) is 12.9. The van der Waals surface area contributed by atoms with Gasteiger partial charge in [-0.3, -0.25) is 4.79 Å². The van der Waals surface area contributed by atoms with Gasteiger partial charge in [-0.15, -0.1) is 0 Å². The molecule has 0 heterocycles. The van der Waals surface area contributed by atoms with Gasteiger partial charge in [-0.2, -0.15) is 0 Å². The average molecular weight is 248 g/mol. The molecule has 1 amide bonds. The summed E-state index contributed by atoms with van der Waals surface area (Å²) >= 11 is 0. The number of carbonyl (C=O) groups excluding carboxylic acids is 1. The van der Waals surface area contributed by atoms with E-state index in [0.29, 0.717) is 0 Å². The third-order valence-electron chi connectivity index (χ3n) is 3.57. The van der Waals surface area contributed by atoms with Gasteiger partial charge in [0.25, 0.3) is 0 Å². The highest BCUT2D eigenvalue weighted by molar-refractivity contribution is 5.99. The Balaban J connectivity index is 2.15. The molecule has 18 heavy (non-hydrogen) atoms. The molecular weight excluding hydrogens is 228 g/mol. The normalized spacial score (nSPS) is 16.2. The van der Waals surface area contributed by atoms with Gasteiger partial charge in [-0.1, -0.05) is 6.07 Å². The molecule has 4 nitrogen and oxygen atoms in total. The van der Waals surface area contributed by atoms with E-state index >= 15 is 0 Å². The number of benzene rings is 1. The summed E-state index contributed by atoms with van der Waals surface area (Å²) < 4.78 is 5.18. The highest BCUT2D eigenvalue weighted by Gasteiger charge is 2.50. The van der Waals surface area contributed by atoms with Crippen molar-refractivity contribution >= 4 is 11.6 Å². The van der Waals surface area contributed by atoms with Crippen LogP contribution in [0.4, 0.5) is 5.69 Å². The highest BCUT2D eigenvalue weighted by Crippen LogP contribution is 2.47. The van der Waals surface area contributed by atoms with E-state index in [-0.39, 0.29) is 11.3 Å². The molecule has 2 rings (SSSR count). The van der Waals surface area contributed by atoms with Crippen LogP contribution >= 0.6 is 0 Å². The number of rotatable bonds is 5. The van der Waals surface area contributed by atoms with Gasteiger partial charge in [0.15, 0.2) is 0 Å². The molecule has 1 aromatic carbocycles. The zero-order valence-corrected chi connectivity index (χ0v) is 11.2. The summed E-state index contributed by atoms with van der Waals surface area (Å²) in [6, 6.07) is 7.58. The van der Waals surface area contributed by atoms with Crippen molar-refractivity contribution in [1.82, 2.24) is 5.32 Å². The van der Waals surface area contributed by atoms with E-state index in [2.05, 4.69) is 5.32 Å². The fourth-order valence-corrected chi connectivity index (χ4v) is 2.25. The third kappa shape index (κ3) is 2.34. The minimum Gasteiger partial charge on any atom is -0.497 e. The van der Waals surface area contributed by atoms with Crippen LogP contribution in [-0.4, -0.2) is 33.7 Å². The van der Waals surface area contributed by atoms with Crippen molar-refractivity contribution in [2.24, 2.45) is 5.41 Å². The maximum Gasteiger partial charge on any atom is 0.234 e. The Kier molecular flexibility index (Phi) is 3.57. The molecule has 1 N–H and O–H groups in total. The molecule has 1 fully saturated rings. The maximum absolute atomic E-state index is 12.5. The molecule has 0 saturated heterocycles. The SMILES string of the molecule is CNCC1(C(=O)N(C)c2cccc(OC)c2)CC1. The quantitative estimate of drug-likeness (QED) is 0.861. The van der Waals surface area contributed by atoms with E-state index in [9.17, 15) is 4.79 Å². The zero-order valence-electron chi connectivity index (χ0n) is 11.2. The largest absolute Gasteiger partial charge is 0.497 e. The van der Waals surface area contributed by atoms with E-state index in [1.165, 1.54) is 0 Å². The molecule has 1 aromatic rings. The predicted molar refractivity (Wildman–Crippen MR) is 72.0 cm³/mol. The summed E-state index contributed by atoms with van der Waals surface area (Å²) in [6.07, 6.45) is 1.95. The van der Waals surface area contributed by atoms with Gasteiger partial charge in [0.2, 0.25) is 5.91 Å². The number of amides is 1. The van der Waals surface area contributed by atoms with E-state index < -0.39 is 0 Å². The van der Waals surface area contributed by atoms with Crippen LogP contribution in [0.3, 0.4) is 0 Å². The smallest absolute Gasteiger partial charge is 0.234 e. The lowest BCUT2D eigenvalue weighted by molar-refractivity contribution is -0.123. The van der Waals surface area contributed by atoms with Crippen molar-refractivity contribution in [2.75, 3.05) is 32.6 Å². The Labute approximate surface area is 108 Å². The van der Waals surface area contributed by atoms with Crippen LogP contribution in [0.1, 0.15) is 12.8 Å². The lowest BCUT2D eigenvalue weighted by Gasteiger charge is -2.23. The van der Waals surface area contributed by atoms with Crippen molar-refractivity contribution in [3.8, 4) is 5.75 Å². The monoisotopic (exact) mass is 248 g/mol. The first-order valence-corrected chi connectivity index (χ1v) is 6.20. The first-order chi connectivity index (χ1) is 8.63. The predicted octanol–water partition coefficient (Wildman–Crippen LogP) is 1.66. The lowest BCUT2D eigenvalue weighted by Crippen LogP contribution is -2.39. The second kappa shape index (κ2) is 4.98. The Bertz CT molecular complexity index is 441. The molecule has 0 bridgehead atoms. The second-order valence-corrected chi connectivity index (χ2v) is 4.88. The molecular formula is C14H20N2O2. The number of hydrogen-bond donors (Lipinski definition) is 1. The van der Waals surface area contributed by atoms with E-state index in [1.807, 2.05) is 38.4 Å². The van der Waals surface area contributed by atoms with Gasteiger partial charge < -0.3 is 15.0 Å². The lowest BCUT2D eigenvalue weighted by atomic mass is 10.1. The molecule has 0 radical (unpaired) electrons. The summed E-state index contributed by atoms with van der Waals surface area (Å²) in [7, 11) is 5.34. The van der Waals surface area contributed by atoms with Crippen LogP contribution in [0.25, 0.3) is 0 Å². The highest BCUT2D eigenvalue weighted by atomic mass is 16.5. The Morgan fingerprint density at radius 3 is 2.78 bits per heavy atom. The Morgan fingerprint density at radius 2 is 2.22 bits per heavy atom. The summed E-state index contributed by atoms with van der Waals surface area (Å²) in [4.78, 5) is 14.2. The molecule has 0 aromatic heterocycles. The molecule has 4 heteroatoms. The van der Waals surface area contributed by atoms with Gasteiger partial charge in [0, 0.05) is 25.3 Å². The molecule has 0 spiro atoms. The number of ether oxygens (including phenoxy) is 1. The number of methoxy groups -OCH3 is 1. The third-order valence-corrected chi connectivity index (χ3v) is 3.57. The van der Waals surface area contributed by atoms with Crippen LogP contribution in [-0.2, 0) is 4.79 Å². The van der Waals surface area contributed by atoms with Gasteiger partial charge in [0.05, 0.1) is 12.5 Å². The number of hydrogen-bond acceptors (Lipinski definition) is 3. The summed E-state index contributed by atoms with van der Waals surface area (Å²) in [5, 5.41) is 3.11. The molecule has 0 aliphatic heterocycles. The fraction of sp³-hybridized carbons (Fsp3) is 0.500. The van der Waals surface area contributed by atoms with Crippen LogP contribution in [0.2, 0.25) is 0 Å². The molecule has 1 saturated carbocycles. The van der Waals surface area contributed by atoms with Gasteiger partial charge in [-0.05, 0) is 32.0 Å². The van der Waals surface area contributed by atoms with Crippen LogP contribution in [0.5, 0.6) is 5.75 Å². The standard InChI is InChI=1S/C14H20N2O2/c1-15-10-14(7-8-14)13(17)16(2)11-5-4-6-12(9-11)18-3/h4-6,9,15H,7-8,10H2,1-3H3. The maximum atomic E-state index is 12.5. The van der Waals surface area contributed by atoms with Crippen LogP contribution in [0.15, 0.2) is 24.3 Å². The Hall–Kier alpha value is -1.55. The number of nitrogens with zero attached hydrogens (tertiary/aromatic N) is 1. The number of carbonyl (C=O) groups is 1. The minimum absolute atomic E-state index is 0.185. The molecule has 98 valence electrons. The zero-order chi connectivity index (χ0) is 13.2. The van der Waals surface area contributed by atoms with Crippen molar-refractivity contribution in [3.63, 3.8) is 0 Å². The molecule has 1 aliphatic carbocycles. The molecule has 0 atom stereocenters. The van der Waals surface area contributed by atoms with Gasteiger partial charge in [-0.25, -0.2) is 0 Å². The fourth-order valence-electron chi connectivity index (χ4n) is 2.25. The van der Waals surface area contributed by atoms with E-state index in [1.54, 1.807) is 12.0 Å². The second-order valence-electron chi connectivity index (χ2n) is 4.88. The first-order valence-electron chi connectivity index (χ1n) is 6.20. The number of nitrogens with one attached hydrogen (secondary N) is 1. The minimum atomic E-state index is -0.188. The van der Waals surface area contributed by atoms with E-state index in [4.69, 9.17) is 4.74 Å². The number of anilines is 1. The topological polar surface area (TPSA) is 41.6 Å². The van der Waals surface area contributed by atoms with Crippen molar-refractivity contribution in [1.29, 1.82) is 0 Å². The van der Waals surface area contributed by atoms with Crippen LogP contribution in [0, 0.1) is 5.41 Å². The molecule has 1 aliphatic rings. The van der Waals surface area contributed by atoms with Crippen molar-refractivity contribution in [3.05, 3.63) is 24.3 Å². The summed E-state index contributed by atoms with van der Waals surface area (Å²) in [5.41, 5.74) is 0.689. The summed E-state index contributed by atoms with van der Waals surface area (Å²) in [6.45, 7) is 0.750.